The fourth-order valence-corrected chi connectivity index (χ4v) is 6.33. The van der Waals surface area contributed by atoms with Gasteiger partial charge < -0.3 is 0 Å². The molecule has 0 spiro atoms. The molecule has 0 unspecified atom stereocenters. The van der Waals surface area contributed by atoms with Gasteiger partial charge in [-0.05, 0) is 34.8 Å². The highest BCUT2D eigenvalue weighted by atomic mass is 79.9. The SMILES string of the molecule is CN(C1CC1)S(=O)(=O)c1sc2ccccc2c1Br. The lowest BCUT2D eigenvalue weighted by molar-refractivity contribution is 0.466. The Kier molecular flexibility index (Phi) is 3.01. The van der Waals surface area contributed by atoms with Gasteiger partial charge in [-0.2, -0.15) is 4.31 Å². The molecule has 1 heterocycles. The van der Waals surface area contributed by atoms with E-state index in [1.807, 2.05) is 24.3 Å². The van der Waals surface area contributed by atoms with Gasteiger partial charge in [-0.3, -0.25) is 0 Å². The number of nitrogens with zero attached hydrogens (tertiary/aromatic N) is 1. The van der Waals surface area contributed by atoms with Crippen LogP contribution in [0.4, 0.5) is 0 Å². The van der Waals surface area contributed by atoms with Crippen molar-refractivity contribution >= 4 is 47.4 Å². The van der Waals surface area contributed by atoms with Gasteiger partial charge in [0.2, 0.25) is 0 Å². The molecule has 1 saturated carbocycles. The van der Waals surface area contributed by atoms with Crippen LogP contribution in [0.15, 0.2) is 32.9 Å². The summed E-state index contributed by atoms with van der Waals surface area (Å²) in [5, 5.41) is 0.963. The number of hydrogen-bond acceptors (Lipinski definition) is 3. The summed E-state index contributed by atoms with van der Waals surface area (Å²) in [6, 6.07) is 7.91. The maximum Gasteiger partial charge on any atom is 0.253 e. The van der Waals surface area contributed by atoms with Crippen molar-refractivity contribution in [3.05, 3.63) is 28.7 Å². The number of hydrogen-bond donors (Lipinski definition) is 0. The third kappa shape index (κ3) is 1.91. The number of sulfonamides is 1. The Labute approximate surface area is 119 Å². The van der Waals surface area contributed by atoms with E-state index < -0.39 is 10.0 Å². The number of halogens is 1. The van der Waals surface area contributed by atoms with Crippen molar-refractivity contribution < 1.29 is 8.42 Å². The van der Waals surface area contributed by atoms with Crippen molar-refractivity contribution in [1.29, 1.82) is 0 Å². The van der Waals surface area contributed by atoms with E-state index in [1.165, 1.54) is 15.6 Å². The largest absolute Gasteiger partial charge is 0.253 e. The fourth-order valence-electron chi connectivity index (χ4n) is 1.92. The average Bonchev–Trinajstić information content (AvgIpc) is 3.14. The molecule has 3 rings (SSSR count). The van der Waals surface area contributed by atoms with Gasteiger partial charge in [-0.1, -0.05) is 18.2 Å². The number of rotatable bonds is 3. The minimum atomic E-state index is -3.36. The molecule has 6 heteroatoms. The van der Waals surface area contributed by atoms with Crippen molar-refractivity contribution in [3.63, 3.8) is 0 Å². The summed E-state index contributed by atoms with van der Waals surface area (Å²) in [6.45, 7) is 0. The van der Waals surface area contributed by atoms with E-state index in [0.717, 1.165) is 22.9 Å². The van der Waals surface area contributed by atoms with E-state index in [9.17, 15) is 8.42 Å². The molecule has 18 heavy (non-hydrogen) atoms. The van der Waals surface area contributed by atoms with Gasteiger partial charge in [0.05, 0.1) is 4.47 Å². The molecule has 0 aliphatic heterocycles. The molecule has 0 bridgehead atoms. The molecule has 2 aromatic rings. The topological polar surface area (TPSA) is 37.4 Å². The Morgan fingerprint density at radius 3 is 2.61 bits per heavy atom. The van der Waals surface area contributed by atoms with E-state index in [0.29, 0.717) is 8.68 Å². The number of benzene rings is 1. The van der Waals surface area contributed by atoms with Gasteiger partial charge in [0.25, 0.3) is 10.0 Å². The Morgan fingerprint density at radius 2 is 2.00 bits per heavy atom. The molecule has 0 atom stereocenters. The predicted octanol–water partition coefficient (Wildman–Crippen LogP) is 3.45. The first-order chi connectivity index (χ1) is 8.51. The molecule has 1 aliphatic rings. The lowest BCUT2D eigenvalue weighted by Crippen LogP contribution is -2.28. The molecule has 1 aliphatic carbocycles. The van der Waals surface area contributed by atoms with E-state index in [2.05, 4.69) is 15.9 Å². The monoisotopic (exact) mass is 345 g/mol. The van der Waals surface area contributed by atoms with Gasteiger partial charge in [0.15, 0.2) is 4.21 Å². The molecule has 1 aromatic carbocycles. The second-order valence-corrected chi connectivity index (χ2v) is 8.49. The highest BCUT2D eigenvalue weighted by molar-refractivity contribution is 9.10. The normalized spacial score (nSPS) is 16.6. The van der Waals surface area contributed by atoms with Gasteiger partial charge in [-0.25, -0.2) is 8.42 Å². The highest BCUT2D eigenvalue weighted by Gasteiger charge is 2.37. The standard InChI is InChI=1S/C12H12BrNO2S2/c1-14(8-6-7-8)18(15,16)12-11(13)9-4-2-3-5-10(9)17-12/h2-5,8H,6-7H2,1H3. The molecule has 0 amide bonds. The van der Waals surface area contributed by atoms with Crippen LogP contribution in [0.1, 0.15) is 12.8 Å². The quantitative estimate of drug-likeness (QED) is 0.854. The van der Waals surface area contributed by atoms with Crippen LogP contribution >= 0.6 is 27.3 Å². The summed E-state index contributed by atoms with van der Waals surface area (Å²) in [6.07, 6.45) is 1.94. The van der Waals surface area contributed by atoms with E-state index in [4.69, 9.17) is 0 Å². The zero-order valence-corrected chi connectivity index (χ0v) is 13.0. The van der Waals surface area contributed by atoms with E-state index >= 15 is 0 Å². The maximum absolute atomic E-state index is 12.5. The van der Waals surface area contributed by atoms with Gasteiger partial charge >= 0.3 is 0 Å². The smallest absolute Gasteiger partial charge is 0.206 e. The van der Waals surface area contributed by atoms with E-state index in [-0.39, 0.29) is 6.04 Å². The third-order valence-corrected chi connectivity index (χ3v) is 8.10. The van der Waals surface area contributed by atoms with Crippen LogP contribution in [0, 0.1) is 0 Å². The zero-order valence-electron chi connectivity index (χ0n) is 9.76. The first-order valence-electron chi connectivity index (χ1n) is 5.67. The van der Waals surface area contributed by atoms with Crippen molar-refractivity contribution in [2.45, 2.75) is 23.1 Å². The Morgan fingerprint density at radius 1 is 1.33 bits per heavy atom. The minimum Gasteiger partial charge on any atom is -0.206 e. The molecule has 1 aromatic heterocycles. The van der Waals surface area contributed by atoms with Gasteiger partial charge in [0.1, 0.15) is 0 Å². The molecule has 0 radical (unpaired) electrons. The fraction of sp³-hybridized carbons (Fsp3) is 0.333. The van der Waals surface area contributed by atoms with Crippen LogP contribution < -0.4 is 0 Å². The Hall–Kier alpha value is -0.430. The Balaban J connectivity index is 2.16. The summed E-state index contributed by atoms with van der Waals surface area (Å²) >= 11 is 4.76. The molecule has 1 fully saturated rings. The molecule has 0 N–H and O–H groups in total. The van der Waals surface area contributed by atoms with Crippen molar-refractivity contribution in [2.24, 2.45) is 0 Å². The lowest BCUT2D eigenvalue weighted by Gasteiger charge is -2.15. The predicted molar refractivity (Wildman–Crippen MR) is 77.5 cm³/mol. The summed E-state index contributed by atoms with van der Waals surface area (Å²) in [7, 11) is -1.69. The van der Waals surface area contributed by atoms with Crippen LogP contribution in [-0.4, -0.2) is 25.8 Å². The molecule has 96 valence electrons. The van der Waals surface area contributed by atoms with Crippen LogP contribution in [0.25, 0.3) is 10.1 Å². The molecular formula is C12H12BrNO2S2. The van der Waals surface area contributed by atoms with Crippen molar-refractivity contribution in [1.82, 2.24) is 4.31 Å². The maximum atomic E-state index is 12.5. The van der Waals surface area contributed by atoms with Gasteiger partial charge in [0, 0.05) is 23.2 Å². The number of thiophene rings is 1. The second kappa shape index (κ2) is 4.30. The average molecular weight is 346 g/mol. The summed E-state index contributed by atoms with van der Waals surface area (Å²) in [5.74, 6) is 0. The molecular weight excluding hydrogens is 334 g/mol. The second-order valence-electron chi connectivity index (χ2n) is 4.45. The third-order valence-electron chi connectivity index (χ3n) is 3.18. The summed E-state index contributed by atoms with van der Waals surface area (Å²) in [5.41, 5.74) is 0. The molecule has 3 nitrogen and oxygen atoms in total. The Bertz CT molecular complexity index is 704. The van der Waals surface area contributed by atoms with E-state index in [1.54, 1.807) is 7.05 Å². The van der Waals surface area contributed by atoms with Crippen molar-refractivity contribution in [2.75, 3.05) is 7.05 Å². The first kappa shape index (κ1) is 12.6. The van der Waals surface area contributed by atoms with Crippen LogP contribution in [0.2, 0.25) is 0 Å². The highest BCUT2D eigenvalue weighted by Crippen LogP contribution is 2.41. The van der Waals surface area contributed by atoms with Gasteiger partial charge in [-0.15, -0.1) is 11.3 Å². The summed E-state index contributed by atoms with van der Waals surface area (Å²) < 4.78 is 28.6. The van der Waals surface area contributed by atoms with Crippen LogP contribution in [0.3, 0.4) is 0 Å². The first-order valence-corrected chi connectivity index (χ1v) is 8.72. The van der Waals surface area contributed by atoms with Crippen LogP contribution in [0.5, 0.6) is 0 Å². The summed E-state index contributed by atoms with van der Waals surface area (Å²) in [4.78, 5) is 0. The zero-order chi connectivity index (χ0) is 12.9. The molecule has 0 saturated heterocycles. The number of fused-ring (bicyclic) bond motifs is 1. The van der Waals surface area contributed by atoms with Crippen LogP contribution in [-0.2, 0) is 10.0 Å². The lowest BCUT2D eigenvalue weighted by atomic mass is 10.3. The van der Waals surface area contributed by atoms with Crippen molar-refractivity contribution in [3.8, 4) is 0 Å². The minimum absolute atomic E-state index is 0.187.